The SMILES string of the molecule is O[C@@H]1CCCC[C@H]1n1ncnc1-c1cccc(-c2ncc[nH]2)c1. The Morgan fingerprint density at radius 1 is 1.13 bits per heavy atom. The number of hydrogen-bond acceptors (Lipinski definition) is 4. The van der Waals surface area contributed by atoms with Crippen molar-refractivity contribution in [3.05, 3.63) is 43.0 Å². The van der Waals surface area contributed by atoms with E-state index in [0.29, 0.717) is 0 Å². The Labute approximate surface area is 134 Å². The molecule has 1 fully saturated rings. The molecule has 1 aromatic carbocycles. The third-order valence-electron chi connectivity index (χ3n) is 4.47. The Morgan fingerprint density at radius 2 is 2.00 bits per heavy atom. The van der Waals surface area contributed by atoms with Crippen molar-refractivity contribution in [1.29, 1.82) is 0 Å². The summed E-state index contributed by atoms with van der Waals surface area (Å²) in [6.45, 7) is 0. The van der Waals surface area contributed by atoms with Gasteiger partial charge in [-0.05, 0) is 18.9 Å². The maximum Gasteiger partial charge on any atom is 0.158 e. The summed E-state index contributed by atoms with van der Waals surface area (Å²) in [5, 5.41) is 14.7. The molecular formula is C17H19N5O. The number of imidazole rings is 1. The molecule has 0 aliphatic heterocycles. The summed E-state index contributed by atoms with van der Waals surface area (Å²) in [5.41, 5.74) is 1.99. The van der Waals surface area contributed by atoms with Crippen LogP contribution >= 0.6 is 0 Å². The average molecular weight is 309 g/mol. The molecule has 6 heteroatoms. The van der Waals surface area contributed by atoms with Gasteiger partial charge in [0.1, 0.15) is 12.2 Å². The van der Waals surface area contributed by atoms with E-state index in [0.717, 1.165) is 48.5 Å². The van der Waals surface area contributed by atoms with Crippen LogP contribution in [0.4, 0.5) is 0 Å². The van der Waals surface area contributed by atoms with Crippen LogP contribution in [-0.2, 0) is 0 Å². The fourth-order valence-electron chi connectivity index (χ4n) is 3.31. The third kappa shape index (κ3) is 2.66. The highest BCUT2D eigenvalue weighted by Crippen LogP contribution is 2.32. The molecule has 0 spiro atoms. The Morgan fingerprint density at radius 3 is 2.83 bits per heavy atom. The molecule has 2 aromatic heterocycles. The first kappa shape index (κ1) is 14.1. The van der Waals surface area contributed by atoms with Crippen LogP contribution in [0.3, 0.4) is 0 Å². The maximum atomic E-state index is 10.3. The lowest BCUT2D eigenvalue weighted by Gasteiger charge is -2.28. The van der Waals surface area contributed by atoms with E-state index in [1.807, 2.05) is 29.1 Å². The highest BCUT2D eigenvalue weighted by atomic mass is 16.3. The van der Waals surface area contributed by atoms with Gasteiger partial charge in [0.2, 0.25) is 0 Å². The number of aromatic amines is 1. The topological polar surface area (TPSA) is 79.6 Å². The number of hydrogen-bond donors (Lipinski definition) is 2. The van der Waals surface area contributed by atoms with Gasteiger partial charge in [0.25, 0.3) is 0 Å². The van der Waals surface area contributed by atoms with Gasteiger partial charge in [-0.15, -0.1) is 0 Å². The number of aromatic nitrogens is 5. The molecule has 23 heavy (non-hydrogen) atoms. The molecule has 2 N–H and O–H groups in total. The first-order valence-corrected chi connectivity index (χ1v) is 8.01. The summed E-state index contributed by atoms with van der Waals surface area (Å²) in [6, 6.07) is 8.08. The van der Waals surface area contributed by atoms with Crippen LogP contribution in [0.5, 0.6) is 0 Å². The number of aliphatic hydroxyl groups is 1. The van der Waals surface area contributed by atoms with E-state index in [4.69, 9.17) is 0 Å². The second-order valence-corrected chi connectivity index (χ2v) is 5.97. The molecule has 4 rings (SSSR count). The minimum atomic E-state index is -0.350. The number of benzene rings is 1. The van der Waals surface area contributed by atoms with E-state index in [-0.39, 0.29) is 12.1 Å². The molecule has 0 bridgehead atoms. The van der Waals surface area contributed by atoms with Gasteiger partial charge in [-0.1, -0.05) is 31.0 Å². The summed E-state index contributed by atoms with van der Waals surface area (Å²) in [5.74, 6) is 1.62. The molecule has 118 valence electrons. The van der Waals surface area contributed by atoms with E-state index in [2.05, 4.69) is 26.1 Å². The summed E-state index contributed by atoms with van der Waals surface area (Å²) >= 11 is 0. The van der Waals surface area contributed by atoms with Gasteiger partial charge in [-0.2, -0.15) is 5.10 Å². The Bertz CT molecular complexity index is 780. The number of H-pyrrole nitrogens is 1. The molecule has 1 aliphatic rings. The second-order valence-electron chi connectivity index (χ2n) is 5.97. The standard InChI is InChI=1S/C17H19N5O/c23-15-7-2-1-6-14(15)22-17(20-11-21-22)13-5-3-4-12(10-13)16-18-8-9-19-16/h3-5,8-11,14-15,23H,1-2,6-7H2,(H,18,19)/t14-,15-/m1/s1. The molecule has 0 radical (unpaired) electrons. The van der Waals surface area contributed by atoms with Crippen molar-refractivity contribution in [3.63, 3.8) is 0 Å². The first-order chi connectivity index (χ1) is 11.3. The maximum absolute atomic E-state index is 10.3. The van der Waals surface area contributed by atoms with Gasteiger partial charge < -0.3 is 10.1 Å². The van der Waals surface area contributed by atoms with Crippen LogP contribution in [0.15, 0.2) is 43.0 Å². The van der Waals surface area contributed by atoms with E-state index in [1.165, 1.54) is 0 Å². The van der Waals surface area contributed by atoms with Gasteiger partial charge in [0.15, 0.2) is 5.82 Å². The van der Waals surface area contributed by atoms with Gasteiger partial charge in [-0.25, -0.2) is 14.6 Å². The van der Waals surface area contributed by atoms with Gasteiger partial charge in [0, 0.05) is 23.5 Å². The largest absolute Gasteiger partial charge is 0.391 e. The monoisotopic (exact) mass is 309 g/mol. The van der Waals surface area contributed by atoms with E-state index in [1.54, 1.807) is 12.5 Å². The number of nitrogens with zero attached hydrogens (tertiary/aromatic N) is 4. The molecule has 2 heterocycles. The van der Waals surface area contributed by atoms with Crippen molar-refractivity contribution < 1.29 is 5.11 Å². The summed E-state index contributed by atoms with van der Waals surface area (Å²) < 4.78 is 1.88. The van der Waals surface area contributed by atoms with Crippen molar-refractivity contribution >= 4 is 0 Å². The Balaban J connectivity index is 1.72. The summed E-state index contributed by atoms with van der Waals surface area (Å²) in [7, 11) is 0. The minimum absolute atomic E-state index is 0.00789. The minimum Gasteiger partial charge on any atom is -0.391 e. The zero-order chi connectivity index (χ0) is 15.6. The van der Waals surface area contributed by atoms with E-state index >= 15 is 0 Å². The Kier molecular flexibility index (Phi) is 3.67. The highest BCUT2D eigenvalue weighted by Gasteiger charge is 2.27. The number of rotatable bonds is 3. The Hall–Kier alpha value is -2.47. The van der Waals surface area contributed by atoms with Crippen LogP contribution in [0.2, 0.25) is 0 Å². The lowest BCUT2D eigenvalue weighted by atomic mass is 9.92. The highest BCUT2D eigenvalue weighted by molar-refractivity contribution is 5.66. The number of aliphatic hydroxyl groups excluding tert-OH is 1. The quantitative estimate of drug-likeness (QED) is 0.779. The van der Waals surface area contributed by atoms with Gasteiger partial charge in [0.05, 0.1) is 12.1 Å². The fraction of sp³-hybridized carbons (Fsp3) is 0.353. The predicted molar refractivity (Wildman–Crippen MR) is 86.6 cm³/mol. The van der Waals surface area contributed by atoms with Gasteiger partial charge >= 0.3 is 0 Å². The molecule has 0 saturated heterocycles. The summed E-state index contributed by atoms with van der Waals surface area (Å²) in [4.78, 5) is 11.8. The normalized spacial score (nSPS) is 21.4. The smallest absolute Gasteiger partial charge is 0.158 e. The summed E-state index contributed by atoms with van der Waals surface area (Å²) in [6.07, 6.45) is 8.73. The third-order valence-corrected chi connectivity index (χ3v) is 4.47. The zero-order valence-corrected chi connectivity index (χ0v) is 12.8. The average Bonchev–Trinajstić information content (AvgIpc) is 3.27. The lowest BCUT2D eigenvalue weighted by Crippen LogP contribution is -2.28. The fourth-order valence-corrected chi connectivity index (χ4v) is 3.31. The molecule has 2 atom stereocenters. The second kappa shape index (κ2) is 5.96. The lowest BCUT2D eigenvalue weighted by molar-refractivity contribution is 0.0702. The van der Waals surface area contributed by atoms with Crippen LogP contribution in [0.25, 0.3) is 22.8 Å². The van der Waals surface area contributed by atoms with Crippen molar-refractivity contribution in [1.82, 2.24) is 24.7 Å². The molecule has 0 unspecified atom stereocenters. The molecule has 0 amide bonds. The molecule has 6 nitrogen and oxygen atoms in total. The van der Waals surface area contributed by atoms with Crippen LogP contribution in [0, 0.1) is 0 Å². The first-order valence-electron chi connectivity index (χ1n) is 8.01. The molecule has 3 aromatic rings. The molecule has 1 saturated carbocycles. The zero-order valence-electron chi connectivity index (χ0n) is 12.8. The van der Waals surface area contributed by atoms with Gasteiger partial charge in [-0.3, -0.25) is 0 Å². The van der Waals surface area contributed by atoms with E-state index in [9.17, 15) is 5.11 Å². The van der Waals surface area contributed by atoms with Crippen molar-refractivity contribution in [3.8, 4) is 22.8 Å². The number of nitrogens with one attached hydrogen (secondary N) is 1. The van der Waals surface area contributed by atoms with Crippen LogP contribution in [0.1, 0.15) is 31.7 Å². The predicted octanol–water partition coefficient (Wildman–Crippen LogP) is 2.81. The molecule has 1 aliphatic carbocycles. The van der Waals surface area contributed by atoms with Crippen LogP contribution < -0.4 is 0 Å². The van der Waals surface area contributed by atoms with Crippen molar-refractivity contribution in [2.45, 2.75) is 37.8 Å². The van der Waals surface area contributed by atoms with E-state index < -0.39 is 0 Å². The van der Waals surface area contributed by atoms with Crippen molar-refractivity contribution in [2.24, 2.45) is 0 Å². The molecular weight excluding hydrogens is 290 g/mol. The van der Waals surface area contributed by atoms with Crippen LogP contribution in [-0.4, -0.2) is 35.9 Å². The van der Waals surface area contributed by atoms with Crippen molar-refractivity contribution in [2.75, 3.05) is 0 Å².